The average molecular weight is 192 g/mol. The Morgan fingerprint density at radius 3 is 2.93 bits per heavy atom. The predicted octanol–water partition coefficient (Wildman–Crippen LogP) is 0.673. The van der Waals surface area contributed by atoms with Gasteiger partial charge >= 0.3 is 0 Å². The first-order valence-electron chi connectivity index (χ1n) is 4.64. The van der Waals surface area contributed by atoms with Crippen molar-refractivity contribution in [2.24, 2.45) is 0 Å². The SMILES string of the molecule is CCNc1ncnc2c1nnn2CC. The molecule has 0 aliphatic heterocycles. The maximum Gasteiger partial charge on any atom is 0.183 e. The Kier molecular flexibility index (Phi) is 2.26. The molecule has 14 heavy (non-hydrogen) atoms. The number of aromatic nitrogens is 5. The number of rotatable bonds is 3. The van der Waals surface area contributed by atoms with Crippen LogP contribution in [0.15, 0.2) is 6.33 Å². The van der Waals surface area contributed by atoms with Crippen molar-refractivity contribution in [3.63, 3.8) is 0 Å². The van der Waals surface area contributed by atoms with Gasteiger partial charge in [0, 0.05) is 13.1 Å². The summed E-state index contributed by atoms with van der Waals surface area (Å²) in [5, 5.41) is 11.1. The first kappa shape index (κ1) is 8.86. The normalized spacial score (nSPS) is 10.7. The van der Waals surface area contributed by atoms with Gasteiger partial charge in [-0.05, 0) is 13.8 Å². The zero-order valence-corrected chi connectivity index (χ0v) is 8.23. The van der Waals surface area contributed by atoms with Crippen LogP contribution in [0.3, 0.4) is 0 Å². The van der Waals surface area contributed by atoms with Crippen LogP contribution in [0.2, 0.25) is 0 Å². The molecule has 0 atom stereocenters. The molecule has 0 aliphatic rings. The lowest BCUT2D eigenvalue weighted by Gasteiger charge is -2.00. The molecule has 2 heterocycles. The van der Waals surface area contributed by atoms with E-state index >= 15 is 0 Å². The molecule has 2 aromatic rings. The third kappa shape index (κ3) is 1.28. The molecule has 6 heteroatoms. The van der Waals surface area contributed by atoms with Crippen LogP contribution in [0, 0.1) is 0 Å². The first-order chi connectivity index (χ1) is 6.86. The molecule has 0 bridgehead atoms. The zero-order valence-electron chi connectivity index (χ0n) is 8.23. The highest BCUT2D eigenvalue weighted by molar-refractivity contribution is 5.81. The van der Waals surface area contributed by atoms with E-state index in [9.17, 15) is 0 Å². The molecular formula is C8H12N6. The van der Waals surface area contributed by atoms with E-state index < -0.39 is 0 Å². The van der Waals surface area contributed by atoms with Crippen LogP contribution in [-0.4, -0.2) is 31.5 Å². The van der Waals surface area contributed by atoms with Gasteiger partial charge in [0.05, 0.1) is 0 Å². The van der Waals surface area contributed by atoms with Gasteiger partial charge in [-0.2, -0.15) is 0 Å². The van der Waals surface area contributed by atoms with E-state index in [1.54, 1.807) is 4.68 Å². The Hall–Kier alpha value is -1.72. The van der Waals surface area contributed by atoms with E-state index in [0.29, 0.717) is 0 Å². The van der Waals surface area contributed by atoms with E-state index in [1.165, 1.54) is 6.33 Å². The number of fused-ring (bicyclic) bond motifs is 1. The second kappa shape index (κ2) is 3.57. The van der Waals surface area contributed by atoms with Crippen molar-refractivity contribution in [1.82, 2.24) is 25.0 Å². The Morgan fingerprint density at radius 2 is 2.21 bits per heavy atom. The summed E-state index contributed by atoms with van der Waals surface area (Å²) in [7, 11) is 0. The van der Waals surface area contributed by atoms with Gasteiger partial charge in [-0.1, -0.05) is 5.21 Å². The summed E-state index contributed by atoms with van der Waals surface area (Å²) >= 11 is 0. The molecule has 0 fully saturated rings. The summed E-state index contributed by atoms with van der Waals surface area (Å²) in [6, 6.07) is 0. The molecule has 2 rings (SSSR count). The first-order valence-corrected chi connectivity index (χ1v) is 4.64. The van der Waals surface area contributed by atoms with E-state index in [0.717, 1.165) is 30.1 Å². The smallest absolute Gasteiger partial charge is 0.183 e. The lowest BCUT2D eigenvalue weighted by molar-refractivity contribution is 0.641. The molecule has 0 radical (unpaired) electrons. The summed E-state index contributed by atoms with van der Waals surface area (Å²) in [5.41, 5.74) is 1.51. The lowest BCUT2D eigenvalue weighted by atomic mass is 10.5. The molecule has 0 amide bonds. The summed E-state index contributed by atoms with van der Waals surface area (Å²) in [6.45, 7) is 5.59. The molecule has 74 valence electrons. The Bertz CT molecular complexity index is 434. The highest BCUT2D eigenvalue weighted by Crippen LogP contribution is 2.14. The van der Waals surface area contributed by atoms with Crippen molar-refractivity contribution in [3.8, 4) is 0 Å². The highest BCUT2D eigenvalue weighted by atomic mass is 15.4. The van der Waals surface area contributed by atoms with E-state index in [-0.39, 0.29) is 0 Å². The van der Waals surface area contributed by atoms with Crippen LogP contribution in [0.5, 0.6) is 0 Å². The van der Waals surface area contributed by atoms with Crippen LogP contribution in [0.1, 0.15) is 13.8 Å². The molecule has 0 spiro atoms. The van der Waals surface area contributed by atoms with Crippen molar-refractivity contribution in [1.29, 1.82) is 0 Å². The van der Waals surface area contributed by atoms with Crippen molar-refractivity contribution in [2.45, 2.75) is 20.4 Å². The maximum absolute atomic E-state index is 4.14. The van der Waals surface area contributed by atoms with Crippen LogP contribution in [0.25, 0.3) is 11.2 Å². The van der Waals surface area contributed by atoms with Gasteiger partial charge in [0.1, 0.15) is 6.33 Å². The second-order valence-electron chi connectivity index (χ2n) is 2.83. The predicted molar refractivity (Wildman–Crippen MR) is 53.0 cm³/mol. The van der Waals surface area contributed by atoms with Gasteiger partial charge in [0.2, 0.25) is 0 Å². The Balaban J connectivity index is 2.58. The van der Waals surface area contributed by atoms with Crippen molar-refractivity contribution >= 4 is 17.0 Å². The minimum Gasteiger partial charge on any atom is -0.368 e. The standard InChI is InChI=1S/C8H12N6/c1-3-9-7-6-8(11-5-10-7)14(4-2)13-12-6/h5H,3-4H2,1-2H3,(H,9,10,11). The minimum absolute atomic E-state index is 0.733. The van der Waals surface area contributed by atoms with Crippen LogP contribution < -0.4 is 5.32 Å². The van der Waals surface area contributed by atoms with E-state index in [2.05, 4.69) is 25.6 Å². The fourth-order valence-electron chi connectivity index (χ4n) is 1.30. The number of hydrogen-bond donors (Lipinski definition) is 1. The van der Waals surface area contributed by atoms with Crippen molar-refractivity contribution in [2.75, 3.05) is 11.9 Å². The molecule has 0 unspecified atom stereocenters. The quantitative estimate of drug-likeness (QED) is 0.774. The maximum atomic E-state index is 4.14. The Morgan fingerprint density at radius 1 is 1.36 bits per heavy atom. The van der Waals surface area contributed by atoms with Crippen LogP contribution in [0.4, 0.5) is 5.82 Å². The van der Waals surface area contributed by atoms with E-state index in [1.807, 2.05) is 13.8 Å². The third-order valence-electron chi connectivity index (χ3n) is 1.94. The largest absolute Gasteiger partial charge is 0.368 e. The van der Waals surface area contributed by atoms with Gasteiger partial charge in [0.25, 0.3) is 0 Å². The van der Waals surface area contributed by atoms with Crippen molar-refractivity contribution < 1.29 is 0 Å². The summed E-state index contributed by atoms with van der Waals surface area (Å²) < 4.78 is 1.75. The minimum atomic E-state index is 0.733. The fraction of sp³-hybridized carbons (Fsp3) is 0.500. The van der Waals surface area contributed by atoms with Crippen LogP contribution >= 0.6 is 0 Å². The lowest BCUT2D eigenvalue weighted by Crippen LogP contribution is -2.01. The zero-order chi connectivity index (χ0) is 9.97. The molecule has 1 N–H and O–H groups in total. The number of nitrogens with one attached hydrogen (secondary N) is 1. The second-order valence-corrected chi connectivity index (χ2v) is 2.83. The number of aryl methyl sites for hydroxylation is 1. The number of nitrogens with zero attached hydrogens (tertiary/aromatic N) is 5. The molecule has 0 saturated heterocycles. The van der Waals surface area contributed by atoms with Gasteiger partial charge < -0.3 is 5.32 Å². The van der Waals surface area contributed by atoms with Crippen molar-refractivity contribution in [3.05, 3.63) is 6.33 Å². The average Bonchev–Trinajstić information content (AvgIpc) is 2.62. The van der Waals surface area contributed by atoms with Gasteiger partial charge in [-0.25, -0.2) is 14.6 Å². The molecule has 0 aliphatic carbocycles. The summed E-state index contributed by atoms with van der Waals surface area (Å²) in [4.78, 5) is 8.25. The van der Waals surface area contributed by atoms with E-state index in [4.69, 9.17) is 0 Å². The molecular weight excluding hydrogens is 180 g/mol. The number of hydrogen-bond acceptors (Lipinski definition) is 5. The Labute approximate surface area is 81.4 Å². The molecule has 6 nitrogen and oxygen atoms in total. The summed E-state index contributed by atoms with van der Waals surface area (Å²) in [5.74, 6) is 0.747. The molecule has 0 saturated carbocycles. The fourth-order valence-corrected chi connectivity index (χ4v) is 1.30. The highest BCUT2D eigenvalue weighted by Gasteiger charge is 2.09. The van der Waals surface area contributed by atoms with Gasteiger partial charge in [0.15, 0.2) is 17.0 Å². The summed E-state index contributed by atoms with van der Waals surface area (Å²) in [6.07, 6.45) is 1.52. The topological polar surface area (TPSA) is 68.5 Å². The molecule has 0 aromatic carbocycles. The van der Waals surface area contributed by atoms with Gasteiger partial charge in [-0.3, -0.25) is 0 Å². The number of anilines is 1. The molecule has 2 aromatic heterocycles. The third-order valence-corrected chi connectivity index (χ3v) is 1.94. The monoisotopic (exact) mass is 192 g/mol. The van der Waals surface area contributed by atoms with Gasteiger partial charge in [-0.15, -0.1) is 5.10 Å². The van der Waals surface area contributed by atoms with Crippen LogP contribution in [-0.2, 0) is 6.54 Å².